The molecule has 2 fully saturated rings. The van der Waals surface area contributed by atoms with E-state index < -0.39 is 0 Å². The average Bonchev–Trinajstić information content (AvgIpc) is 2.47. The molecule has 0 saturated heterocycles. The van der Waals surface area contributed by atoms with Gasteiger partial charge in [0.05, 0.1) is 0 Å². The van der Waals surface area contributed by atoms with Crippen LogP contribution in [0.4, 0.5) is 0 Å². The molecule has 0 nitrogen and oxygen atoms in total. The lowest BCUT2D eigenvalue weighted by atomic mass is 9.63. The van der Waals surface area contributed by atoms with E-state index in [1.807, 2.05) is 0 Å². The van der Waals surface area contributed by atoms with Gasteiger partial charge in [-0.25, -0.2) is 0 Å². The zero-order valence-electron chi connectivity index (χ0n) is 10.6. The molecule has 82 valence electrons. The molecular weight excluding hydrogens is 168 g/mol. The predicted molar refractivity (Wildman–Crippen MR) is 62.2 cm³/mol. The van der Waals surface area contributed by atoms with Crippen LogP contribution >= 0.6 is 0 Å². The van der Waals surface area contributed by atoms with Crippen molar-refractivity contribution in [2.75, 3.05) is 0 Å². The highest BCUT2D eigenvalue weighted by Crippen LogP contribution is 2.69. The molecule has 0 N–H and O–H groups in total. The molecule has 0 aromatic heterocycles. The van der Waals surface area contributed by atoms with Crippen LogP contribution in [0.25, 0.3) is 0 Å². The Labute approximate surface area is 89.5 Å². The smallest absolute Gasteiger partial charge is 0.0241 e. The fourth-order valence-corrected chi connectivity index (χ4v) is 4.41. The summed E-state index contributed by atoms with van der Waals surface area (Å²) in [4.78, 5) is 0. The number of fused-ring (bicyclic) bond motifs is 2. The second-order valence-electron chi connectivity index (χ2n) is 6.60. The van der Waals surface area contributed by atoms with Crippen LogP contribution in [0.2, 0.25) is 0 Å². The van der Waals surface area contributed by atoms with E-state index in [1.165, 1.54) is 25.7 Å². The Bertz CT molecular complexity index is 228. The van der Waals surface area contributed by atoms with Crippen molar-refractivity contribution in [3.05, 3.63) is 0 Å². The minimum atomic E-state index is 0.612. The minimum absolute atomic E-state index is 0.612. The fraction of sp³-hybridized carbons (Fsp3) is 1.00. The third kappa shape index (κ3) is 1.06. The van der Waals surface area contributed by atoms with Crippen LogP contribution in [-0.4, -0.2) is 0 Å². The molecule has 2 unspecified atom stereocenters. The summed E-state index contributed by atoms with van der Waals surface area (Å²) in [6.45, 7) is 12.4. The molecule has 4 atom stereocenters. The molecule has 2 bridgehead atoms. The zero-order valence-corrected chi connectivity index (χ0v) is 10.6. The first-order valence-corrected chi connectivity index (χ1v) is 6.43. The molecular formula is C14H26. The molecule has 2 aliphatic rings. The third-order valence-corrected chi connectivity index (χ3v) is 6.19. The monoisotopic (exact) mass is 194 g/mol. The van der Waals surface area contributed by atoms with Crippen molar-refractivity contribution in [1.29, 1.82) is 0 Å². The topological polar surface area (TPSA) is 0 Å². The molecule has 0 heteroatoms. The molecule has 0 heterocycles. The van der Waals surface area contributed by atoms with Crippen molar-refractivity contribution in [1.82, 2.24) is 0 Å². The van der Waals surface area contributed by atoms with Crippen molar-refractivity contribution in [3.8, 4) is 0 Å². The Kier molecular flexibility index (Phi) is 2.25. The van der Waals surface area contributed by atoms with E-state index in [0.29, 0.717) is 10.8 Å². The quantitative estimate of drug-likeness (QED) is 0.607. The first-order valence-electron chi connectivity index (χ1n) is 6.43. The van der Waals surface area contributed by atoms with Gasteiger partial charge in [-0.2, -0.15) is 0 Å². The second-order valence-corrected chi connectivity index (χ2v) is 6.60. The van der Waals surface area contributed by atoms with Crippen molar-refractivity contribution >= 4 is 0 Å². The highest BCUT2D eigenvalue weighted by Gasteiger charge is 2.61. The maximum atomic E-state index is 2.57. The molecule has 2 aliphatic carbocycles. The van der Waals surface area contributed by atoms with Gasteiger partial charge in [-0.1, -0.05) is 41.0 Å². The van der Waals surface area contributed by atoms with E-state index in [1.54, 1.807) is 0 Å². The summed E-state index contributed by atoms with van der Waals surface area (Å²) in [6, 6.07) is 0. The number of hydrogen-bond donors (Lipinski definition) is 0. The average molecular weight is 194 g/mol. The Hall–Kier alpha value is 0. The van der Waals surface area contributed by atoms with Crippen LogP contribution in [-0.2, 0) is 0 Å². The summed E-state index contributed by atoms with van der Waals surface area (Å²) < 4.78 is 0. The summed E-state index contributed by atoms with van der Waals surface area (Å²) >= 11 is 0. The van der Waals surface area contributed by atoms with E-state index in [0.717, 1.165) is 17.8 Å². The molecule has 0 amide bonds. The highest BCUT2D eigenvalue weighted by molar-refractivity contribution is 5.10. The highest BCUT2D eigenvalue weighted by atomic mass is 14.7. The third-order valence-electron chi connectivity index (χ3n) is 6.19. The summed E-state index contributed by atoms with van der Waals surface area (Å²) in [7, 11) is 0. The van der Waals surface area contributed by atoms with E-state index in [9.17, 15) is 0 Å². The SMILES string of the molecule is CCC(C)C1C[C@H]2CC[C@@]1(C)C2(C)C. The fourth-order valence-electron chi connectivity index (χ4n) is 4.41. The molecule has 0 spiro atoms. The standard InChI is InChI=1S/C14H26/c1-6-10(2)12-9-11-7-8-14(12,5)13(11,3)4/h10-12H,6-9H2,1-5H3/t10?,11-,12?,14-/m1/s1. The van der Waals surface area contributed by atoms with E-state index >= 15 is 0 Å². The second kappa shape index (κ2) is 3.00. The molecule has 0 aromatic carbocycles. The van der Waals surface area contributed by atoms with Gasteiger partial charge in [0.25, 0.3) is 0 Å². The summed E-state index contributed by atoms with van der Waals surface area (Å²) in [5.41, 5.74) is 1.26. The van der Waals surface area contributed by atoms with Crippen molar-refractivity contribution in [2.45, 2.75) is 60.3 Å². The first kappa shape index (κ1) is 10.5. The molecule has 14 heavy (non-hydrogen) atoms. The Morgan fingerprint density at radius 2 is 1.93 bits per heavy atom. The van der Waals surface area contributed by atoms with E-state index in [4.69, 9.17) is 0 Å². The number of hydrogen-bond acceptors (Lipinski definition) is 0. The Morgan fingerprint density at radius 1 is 1.29 bits per heavy atom. The van der Waals surface area contributed by atoms with Gasteiger partial charge in [0.15, 0.2) is 0 Å². The van der Waals surface area contributed by atoms with Gasteiger partial charge in [-0.15, -0.1) is 0 Å². The van der Waals surface area contributed by atoms with E-state index in [-0.39, 0.29) is 0 Å². The lowest BCUT2D eigenvalue weighted by Gasteiger charge is -2.41. The molecule has 0 aliphatic heterocycles. The maximum absolute atomic E-state index is 2.57. The van der Waals surface area contributed by atoms with Crippen molar-refractivity contribution in [2.24, 2.45) is 28.6 Å². The van der Waals surface area contributed by atoms with Gasteiger partial charge in [0.1, 0.15) is 0 Å². The zero-order chi connectivity index (χ0) is 10.6. The lowest BCUT2D eigenvalue weighted by Crippen LogP contribution is -2.35. The molecule has 0 radical (unpaired) electrons. The normalized spacial score (nSPS) is 46.9. The molecule has 2 saturated carbocycles. The van der Waals surface area contributed by atoms with Gasteiger partial charge in [0, 0.05) is 0 Å². The minimum Gasteiger partial charge on any atom is -0.0651 e. The predicted octanol–water partition coefficient (Wildman–Crippen LogP) is 4.49. The molecule has 0 aromatic rings. The van der Waals surface area contributed by atoms with Gasteiger partial charge in [0.2, 0.25) is 0 Å². The van der Waals surface area contributed by atoms with Crippen LogP contribution < -0.4 is 0 Å². The number of rotatable bonds is 2. The van der Waals surface area contributed by atoms with Gasteiger partial charge < -0.3 is 0 Å². The van der Waals surface area contributed by atoms with Crippen molar-refractivity contribution < 1.29 is 0 Å². The van der Waals surface area contributed by atoms with Crippen LogP contribution in [0.1, 0.15) is 60.3 Å². The first-order chi connectivity index (χ1) is 6.43. The summed E-state index contributed by atoms with van der Waals surface area (Å²) in [5.74, 6) is 2.96. The van der Waals surface area contributed by atoms with Crippen LogP contribution in [0.15, 0.2) is 0 Å². The molecule has 2 rings (SSSR count). The van der Waals surface area contributed by atoms with Gasteiger partial charge in [-0.05, 0) is 47.8 Å². The summed E-state index contributed by atoms with van der Waals surface area (Å²) in [5, 5.41) is 0. The Morgan fingerprint density at radius 3 is 2.29 bits per heavy atom. The van der Waals surface area contributed by atoms with Crippen LogP contribution in [0.3, 0.4) is 0 Å². The largest absolute Gasteiger partial charge is 0.0651 e. The van der Waals surface area contributed by atoms with Crippen LogP contribution in [0, 0.1) is 28.6 Å². The Balaban J connectivity index is 2.27. The van der Waals surface area contributed by atoms with Crippen molar-refractivity contribution in [3.63, 3.8) is 0 Å². The van der Waals surface area contributed by atoms with Gasteiger partial charge in [-0.3, -0.25) is 0 Å². The van der Waals surface area contributed by atoms with E-state index in [2.05, 4.69) is 34.6 Å². The van der Waals surface area contributed by atoms with Gasteiger partial charge >= 0.3 is 0 Å². The lowest BCUT2D eigenvalue weighted by molar-refractivity contribution is 0.0704. The maximum Gasteiger partial charge on any atom is -0.0241 e. The van der Waals surface area contributed by atoms with Crippen LogP contribution in [0.5, 0.6) is 0 Å². The summed E-state index contributed by atoms with van der Waals surface area (Å²) in [6.07, 6.45) is 5.86.